The lowest BCUT2D eigenvalue weighted by Gasteiger charge is -2.13. The first-order chi connectivity index (χ1) is 14.3. The van der Waals surface area contributed by atoms with Gasteiger partial charge in [-0.15, -0.1) is 0 Å². The van der Waals surface area contributed by atoms with Crippen molar-refractivity contribution in [1.29, 1.82) is 0 Å². The van der Waals surface area contributed by atoms with Crippen molar-refractivity contribution in [3.05, 3.63) is 66.4 Å². The van der Waals surface area contributed by atoms with Crippen LogP contribution in [0.2, 0.25) is 0 Å². The first-order valence-corrected chi connectivity index (χ1v) is 8.89. The summed E-state index contributed by atoms with van der Waals surface area (Å²) in [6, 6.07) is 15.8. The van der Waals surface area contributed by atoms with E-state index >= 15 is 0 Å². The number of benzene rings is 2. The highest BCUT2D eigenvalue weighted by molar-refractivity contribution is 5.94. The lowest BCUT2D eigenvalue weighted by Crippen LogP contribution is -2.21. The highest BCUT2D eigenvalue weighted by Gasteiger charge is 2.29. The maximum atomic E-state index is 12.5. The summed E-state index contributed by atoms with van der Waals surface area (Å²) in [5.41, 5.74) is 1.69. The predicted molar refractivity (Wildman–Crippen MR) is 104 cm³/mol. The first-order valence-electron chi connectivity index (χ1n) is 8.89. The zero-order chi connectivity index (χ0) is 21.6. The molecule has 0 aliphatic heterocycles. The van der Waals surface area contributed by atoms with E-state index in [-0.39, 0.29) is 18.1 Å². The highest BCUT2D eigenvalue weighted by Crippen LogP contribution is 2.27. The largest absolute Gasteiger partial charge is 0.497 e. The molecule has 0 fully saturated rings. The van der Waals surface area contributed by atoms with Crippen LogP contribution in [-0.2, 0) is 11.2 Å². The number of anilines is 1. The Morgan fingerprint density at radius 3 is 2.40 bits per heavy atom. The Morgan fingerprint density at radius 1 is 1.07 bits per heavy atom. The Bertz CT molecular complexity index is 994. The minimum atomic E-state index is -4.52. The van der Waals surface area contributed by atoms with Crippen LogP contribution in [0.15, 0.2) is 60.8 Å². The van der Waals surface area contributed by atoms with E-state index in [1.54, 1.807) is 61.7 Å². The molecule has 6 nitrogen and oxygen atoms in total. The number of alkyl halides is 3. The molecule has 0 aliphatic carbocycles. The summed E-state index contributed by atoms with van der Waals surface area (Å²) >= 11 is 0. The van der Waals surface area contributed by atoms with Crippen molar-refractivity contribution in [2.24, 2.45) is 0 Å². The van der Waals surface area contributed by atoms with Gasteiger partial charge in [0, 0.05) is 5.56 Å². The monoisotopic (exact) mass is 417 g/mol. The summed E-state index contributed by atoms with van der Waals surface area (Å²) in [6.07, 6.45) is -3.39. The van der Waals surface area contributed by atoms with Crippen molar-refractivity contribution < 1.29 is 27.4 Å². The molecule has 0 atom stereocenters. The summed E-state index contributed by atoms with van der Waals surface area (Å²) in [5.74, 6) is -0.0725. The Morgan fingerprint density at radius 2 is 1.77 bits per heavy atom. The van der Waals surface area contributed by atoms with Gasteiger partial charge >= 0.3 is 6.18 Å². The lowest BCUT2D eigenvalue weighted by atomic mass is 10.1. The number of halogens is 3. The SMILES string of the molecule is COc1ccc(CC(=O)Nc2nc(OCC(F)(F)F)cnc2-c2ccccc2)cc1. The Hall–Kier alpha value is -3.62. The van der Waals surface area contributed by atoms with Crippen LogP contribution in [0.3, 0.4) is 0 Å². The van der Waals surface area contributed by atoms with Crippen LogP contribution in [0.5, 0.6) is 11.6 Å². The average molecular weight is 417 g/mol. The molecule has 1 aromatic heterocycles. The number of ether oxygens (including phenoxy) is 2. The van der Waals surface area contributed by atoms with Crippen LogP contribution in [0, 0.1) is 0 Å². The van der Waals surface area contributed by atoms with Gasteiger partial charge in [0.1, 0.15) is 11.4 Å². The zero-order valence-electron chi connectivity index (χ0n) is 15.9. The molecule has 0 radical (unpaired) electrons. The van der Waals surface area contributed by atoms with E-state index in [1.165, 1.54) is 0 Å². The maximum Gasteiger partial charge on any atom is 0.422 e. The number of carbonyl (C=O) groups excluding carboxylic acids is 1. The molecule has 30 heavy (non-hydrogen) atoms. The van der Waals surface area contributed by atoms with Crippen LogP contribution in [0.1, 0.15) is 5.56 Å². The highest BCUT2D eigenvalue weighted by atomic mass is 19.4. The first kappa shape index (κ1) is 21.1. The number of methoxy groups -OCH3 is 1. The fraction of sp³-hybridized carbons (Fsp3) is 0.190. The summed E-state index contributed by atoms with van der Waals surface area (Å²) < 4.78 is 47.1. The van der Waals surface area contributed by atoms with Crippen molar-refractivity contribution in [3.63, 3.8) is 0 Å². The molecule has 1 amide bonds. The van der Waals surface area contributed by atoms with E-state index < -0.39 is 18.7 Å². The van der Waals surface area contributed by atoms with Gasteiger partial charge in [0.25, 0.3) is 0 Å². The maximum absolute atomic E-state index is 12.5. The molecule has 0 spiro atoms. The van der Waals surface area contributed by atoms with Crippen molar-refractivity contribution >= 4 is 11.7 Å². The molecule has 2 aromatic carbocycles. The third kappa shape index (κ3) is 5.94. The topological polar surface area (TPSA) is 73.3 Å². The minimum absolute atomic E-state index is 0.0133. The molecule has 1 heterocycles. The molecule has 0 unspecified atom stereocenters. The van der Waals surface area contributed by atoms with E-state index in [1.807, 2.05) is 0 Å². The minimum Gasteiger partial charge on any atom is -0.497 e. The molecular formula is C21H18F3N3O3. The third-order valence-electron chi connectivity index (χ3n) is 3.96. The van der Waals surface area contributed by atoms with Gasteiger partial charge in [0.05, 0.1) is 19.7 Å². The van der Waals surface area contributed by atoms with Gasteiger partial charge in [-0.3, -0.25) is 4.79 Å². The summed E-state index contributed by atoms with van der Waals surface area (Å²) in [7, 11) is 1.54. The number of hydrogen-bond donors (Lipinski definition) is 1. The van der Waals surface area contributed by atoms with Crippen LogP contribution in [0.25, 0.3) is 11.3 Å². The summed E-state index contributed by atoms with van der Waals surface area (Å²) in [6.45, 7) is -1.51. The predicted octanol–water partition coefficient (Wildman–Crippen LogP) is 4.27. The third-order valence-corrected chi connectivity index (χ3v) is 3.96. The van der Waals surface area contributed by atoms with Gasteiger partial charge in [-0.2, -0.15) is 18.2 Å². The van der Waals surface area contributed by atoms with Gasteiger partial charge in [0.2, 0.25) is 11.8 Å². The molecule has 0 bridgehead atoms. The standard InChI is InChI=1S/C21H18F3N3O3/c1-29-16-9-7-14(8-10-16)11-17(28)26-20-19(15-5-3-2-4-6-15)25-12-18(27-20)30-13-21(22,23)24/h2-10,12H,11,13H2,1H3,(H,26,27,28). The summed E-state index contributed by atoms with van der Waals surface area (Å²) in [4.78, 5) is 20.7. The van der Waals surface area contributed by atoms with Crippen LogP contribution >= 0.6 is 0 Å². The van der Waals surface area contributed by atoms with Crippen molar-refractivity contribution in [2.75, 3.05) is 19.0 Å². The fourth-order valence-corrected chi connectivity index (χ4v) is 2.60. The second kappa shape index (κ2) is 9.25. The van der Waals surface area contributed by atoms with Gasteiger partial charge in [-0.05, 0) is 17.7 Å². The van der Waals surface area contributed by atoms with E-state index in [9.17, 15) is 18.0 Å². The van der Waals surface area contributed by atoms with E-state index in [0.717, 1.165) is 11.8 Å². The van der Waals surface area contributed by atoms with Crippen molar-refractivity contribution in [1.82, 2.24) is 9.97 Å². The van der Waals surface area contributed by atoms with Gasteiger partial charge < -0.3 is 14.8 Å². The number of hydrogen-bond acceptors (Lipinski definition) is 5. The Balaban J connectivity index is 1.82. The number of nitrogens with zero attached hydrogens (tertiary/aromatic N) is 2. The molecule has 0 saturated heterocycles. The van der Waals surface area contributed by atoms with E-state index in [2.05, 4.69) is 20.0 Å². The number of nitrogens with one attached hydrogen (secondary N) is 1. The molecule has 0 saturated carbocycles. The van der Waals surface area contributed by atoms with Gasteiger partial charge in [0.15, 0.2) is 12.4 Å². The molecule has 1 N–H and O–H groups in total. The Kier molecular flexibility index (Phi) is 6.51. The van der Waals surface area contributed by atoms with Crippen molar-refractivity contribution in [2.45, 2.75) is 12.6 Å². The zero-order valence-corrected chi connectivity index (χ0v) is 15.9. The second-order valence-electron chi connectivity index (χ2n) is 6.25. The number of rotatable bonds is 7. The fourth-order valence-electron chi connectivity index (χ4n) is 2.60. The normalized spacial score (nSPS) is 11.1. The molecule has 9 heteroatoms. The smallest absolute Gasteiger partial charge is 0.422 e. The van der Waals surface area contributed by atoms with E-state index in [0.29, 0.717) is 17.0 Å². The molecular weight excluding hydrogens is 399 g/mol. The van der Waals surface area contributed by atoms with Crippen molar-refractivity contribution in [3.8, 4) is 22.9 Å². The van der Waals surface area contributed by atoms with Crippen LogP contribution in [-0.4, -0.2) is 35.8 Å². The van der Waals surface area contributed by atoms with Gasteiger partial charge in [-0.25, -0.2) is 4.98 Å². The van der Waals surface area contributed by atoms with Gasteiger partial charge in [-0.1, -0.05) is 42.5 Å². The Labute approximate surface area is 170 Å². The van der Waals surface area contributed by atoms with E-state index in [4.69, 9.17) is 4.74 Å². The number of aromatic nitrogens is 2. The number of carbonyl (C=O) groups is 1. The molecule has 3 rings (SSSR count). The second-order valence-corrected chi connectivity index (χ2v) is 6.25. The van der Waals surface area contributed by atoms with Crippen LogP contribution in [0.4, 0.5) is 19.0 Å². The molecule has 3 aromatic rings. The average Bonchev–Trinajstić information content (AvgIpc) is 2.73. The molecule has 156 valence electrons. The lowest BCUT2D eigenvalue weighted by molar-refractivity contribution is -0.154. The van der Waals surface area contributed by atoms with Crippen LogP contribution < -0.4 is 14.8 Å². The summed E-state index contributed by atoms with van der Waals surface area (Å²) in [5, 5.41) is 2.62. The molecule has 0 aliphatic rings. The quantitative estimate of drug-likeness (QED) is 0.621. The number of amides is 1.